The SMILES string of the molecule is CCC1(CC)C(=O)NC(=O)N(C(C)C(=O)OC)C1=O. The predicted molar refractivity (Wildman–Crippen MR) is 64.9 cm³/mol. The van der Waals surface area contributed by atoms with E-state index in [9.17, 15) is 19.2 Å². The smallest absolute Gasteiger partial charge is 0.331 e. The number of carbonyl (C=O) groups is 4. The standard InChI is InChI=1S/C12H18N2O5/c1-5-12(6-2)9(16)13-11(18)14(10(12)17)7(3)8(15)19-4/h7H,5-6H2,1-4H3,(H,13,16,18). The molecule has 1 saturated heterocycles. The third-order valence-corrected chi connectivity index (χ3v) is 3.64. The molecule has 0 aromatic rings. The summed E-state index contributed by atoms with van der Waals surface area (Å²) in [5.74, 6) is -1.97. The molecule has 19 heavy (non-hydrogen) atoms. The summed E-state index contributed by atoms with van der Waals surface area (Å²) in [7, 11) is 1.17. The minimum absolute atomic E-state index is 0.256. The minimum Gasteiger partial charge on any atom is -0.467 e. The van der Waals surface area contributed by atoms with E-state index in [0.29, 0.717) is 0 Å². The summed E-state index contributed by atoms with van der Waals surface area (Å²) in [6.45, 7) is 4.77. The maximum Gasteiger partial charge on any atom is 0.331 e. The van der Waals surface area contributed by atoms with Crippen molar-refractivity contribution in [2.24, 2.45) is 5.41 Å². The first-order valence-corrected chi connectivity index (χ1v) is 6.12. The van der Waals surface area contributed by atoms with Gasteiger partial charge in [-0.05, 0) is 19.8 Å². The van der Waals surface area contributed by atoms with Crippen molar-refractivity contribution in [3.63, 3.8) is 0 Å². The Morgan fingerprint density at radius 3 is 2.26 bits per heavy atom. The molecule has 1 atom stereocenters. The zero-order valence-corrected chi connectivity index (χ0v) is 11.5. The zero-order chi connectivity index (χ0) is 14.8. The molecule has 0 bridgehead atoms. The molecular formula is C12H18N2O5. The van der Waals surface area contributed by atoms with Crippen molar-refractivity contribution >= 4 is 23.8 Å². The number of imide groups is 2. The Bertz CT molecular complexity index is 428. The second-order valence-electron chi connectivity index (χ2n) is 4.42. The molecule has 7 nitrogen and oxygen atoms in total. The lowest BCUT2D eigenvalue weighted by Crippen LogP contribution is -2.66. The highest BCUT2D eigenvalue weighted by atomic mass is 16.5. The number of nitrogens with zero attached hydrogens (tertiary/aromatic N) is 1. The van der Waals surface area contributed by atoms with Gasteiger partial charge >= 0.3 is 12.0 Å². The maximum absolute atomic E-state index is 12.4. The van der Waals surface area contributed by atoms with Crippen LogP contribution in [-0.4, -0.2) is 41.9 Å². The molecule has 0 aliphatic carbocycles. The topological polar surface area (TPSA) is 92.8 Å². The fourth-order valence-electron chi connectivity index (χ4n) is 2.20. The van der Waals surface area contributed by atoms with Crippen molar-refractivity contribution in [2.75, 3.05) is 7.11 Å². The van der Waals surface area contributed by atoms with Crippen LogP contribution in [0.3, 0.4) is 0 Å². The van der Waals surface area contributed by atoms with Crippen LogP contribution in [-0.2, 0) is 19.1 Å². The van der Waals surface area contributed by atoms with Crippen LogP contribution in [0.25, 0.3) is 0 Å². The first kappa shape index (κ1) is 15.1. The average Bonchev–Trinajstić information content (AvgIpc) is 2.38. The van der Waals surface area contributed by atoms with Gasteiger partial charge in [0.05, 0.1) is 7.11 Å². The summed E-state index contributed by atoms with van der Waals surface area (Å²) in [4.78, 5) is 48.4. The molecular weight excluding hydrogens is 252 g/mol. The number of carbonyl (C=O) groups excluding carboxylic acids is 4. The Kier molecular flexibility index (Phi) is 4.28. The predicted octanol–water partition coefficient (Wildman–Crippen LogP) is 0.433. The van der Waals surface area contributed by atoms with Crippen LogP contribution in [0.2, 0.25) is 0 Å². The Morgan fingerprint density at radius 2 is 1.84 bits per heavy atom. The molecule has 1 heterocycles. The zero-order valence-electron chi connectivity index (χ0n) is 11.5. The number of nitrogens with one attached hydrogen (secondary N) is 1. The van der Waals surface area contributed by atoms with Crippen LogP contribution in [0, 0.1) is 5.41 Å². The number of methoxy groups -OCH3 is 1. The molecule has 0 spiro atoms. The summed E-state index contributed by atoms with van der Waals surface area (Å²) in [6.07, 6.45) is 0.512. The molecule has 0 saturated carbocycles. The fourth-order valence-corrected chi connectivity index (χ4v) is 2.20. The van der Waals surface area contributed by atoms with E-state index in [2.05, 4.69) is 10.1 Å². The van der Waals surface area contributed by atoms with Crippen LogP contribution < -0.4 is 5.32 Å². The number of urea groups is 1. The van der Waals surface area contributed by atoms with Crippen molar-refractivity contribution in [3.05, 3.63) is 0 Å². The van der Waals surface area contributed by atoms with Crippen LogP contribution in [0.5, 0.6) is 0 Å². The normalized spacial score (nSPS) is 20.0. The van der Waals surface area contributed by atoms with E-state index in [1.807, 2.05) is 0 Å². The lowest BCUT2D eigenvalue weighted by molar-refractivity contribution is -0.160. The number of barbiturate groups is 1. The van der Waals surface area contributed by atoms with Crippen molar-refractivity contribution in [1.29, 1.82) is 0 Å². The van der Waals surface area contributed by atoms with Gasteiger partial charge in [0.15, 0.2) is 0 Å². The van der Waals surface area contributed by atoms with Crippen LogP contribution in [0.1, 0.15) is 33.6 Å². The van der Waals surface area contributed by atoms with Crippen molar-refractivity contribution in [3.8, 4) is 0 Å². The molecule has 0 aromatic heterocycles. The van der Waals surface area contributed by atoms with E-state index in [0.717, 1.165) is 4.90 Å². The van der Waals surface area contributed by atoms with Crippen molar-refractivity contribution < 1.29 is 23.9 Å². The molecule has 1 N–H and O–H groups in total. The quantitative estimate of drug-likeness (QED) is 0.590. The van der Waals surface area contributed by atoms with Gasteiger partial charge in [0.1, 0.15) is 11.5 Å². The average molecular weight is 270 g/mol. The van der Waals surface area contributed by atoms with E-state index in [4.69, 9.17) is 0 Å². The fraction of sp³-hybridized carbons (Fsp3) is 0.667. The summed E-state index contributed by atoms with van der Waals surface area (Å²) < 4.78 is 4.53. The molecule has 0 aromatic carbocycles. The Balaban J connectivity index is 3.19. The monoisotopic (exact) mass is 270 g/mol. The molecule has 1 fully saturated rings. The number of esters is 1. The lowest BCUT2D eigenvalue weighted by atomic mass is 9.78. The number of ether oxygens (including phenoxy) is 1. The Labute approximate surface area is 111 Å². The first-order valence-electron chi connectivity index (χ1n) is 6.12. The van der Waals surface area contributed by atoms with E-state index in [1.165, 1.54) is 14.0 Å². The van der Waals surface area contributed by atoms with Crippen LogP contribution in [0.15, 0.2) is 0 Å². The van der Waals surface area contributed by atoms with Gasteiger partial charge < -0.3 is 4.74 Å². The molecule has 7 heteroatoms. The van der Waals surface area contributed by atoms with Gasteiger partial charge in [-0.15, -0.1) is 0 Å². The highest BCUT2D eigenvalue weighted by molar-refractivity contribution is 6.20. The third kappa shape index (κ3) is 2.20. The molecule has 4 amide bonds. The molecule has 1 aliphatic heterocycles. The Morgan fingerprint density at radius 1 is 1.32 bits per heavy atom. The minimum atomic E-state index is -1.30. The molecule has 1 unspecified atom stereocenters. The van der Waals surface area contributed by atoms with Crippen LogP contribution >= 0.6 is 0 Å². The highest BCUT2D eigenvalue weighted by Gasteiger charge is 2.53. The summed E-state index contributed by atoms with van der Waals surface area (Å²) in [6, 6.07) is -1.95. The third-order valence-electron chi connectivity index (χ3n) is 3.64. The summed E-state index contributed by atoms with van der Waals surface area (Å²) in [5.41, 5.74) is -1.30. The van der Waals surface area contributed by atoms with Gasteiger partial charge in [-0.3, -0.25) is 14.9 Å². The molecule has 1 rings (SSSR count). The van der Waals surface area contributed by atoms with Crippen LogP contribution in [0.4, 0.5) is 4.79 Å². The lowest BCUT2D eigenvalue weighted by Gasteiger charge is -2.39. The second-order valence-corrected chi connectivity index (χ2v) is 4.42. The van der Waals surface area contributed by atoms with Gasteiger partial charge in [-0.1, -0.05) is 13.8 Å². The van der Waals surface area contributed by atoms with E-state index < -0.39 is 35.3 Å². The van der Waals surface area contributed by atoms with E-state index >= 15 is 0 Å². The van der Waals surface area contributed by atoms with Gasteiger partial charge in [-0.2, -0.15) is 0 Å². The summed E-state index contributed by atoms with van der Waals surface area (Å²) >= 11 is 0. The van der Waals surface area contributed by atoms with Gasteiger partial charge in [0, 0.05) is 0 Å². The van der Waals surface area contributed by atoms with Gasteiger partial charge in [0.25, 0.3) is 0 Å². The summed E-state index contributed by atoms with van der Waals surface area (Å²) in [5, 5.41) is 2.13. The number of hydrogen-bond donors (Lipinski definition) is 1. The highest BCUT2D eigenvalue weighted by Crippen LogP contribution is 2.33. The van der Waals surface area contributed by atoms with Crippen molar-refractivity contribution in [1.82, 2.24) is 10.2 Å². The maximum atomic E-state index is 12.4. The van der Waals surface area contributed by atoms with E-state index in [1.54, 1.807) is 13.8 Å². The van der Waals surface area contributed by atoms with Gasteiger partial charge in [-0.25, -0.2) is 14.5 Å². The Hall–Kier alpha value is -1.92. The van der Waals surface area contributed by atoms with E-state index in [-0.39, 0.29) is 12.8 Å². The molecule has 106 valence electrons. The molecule has 1 aliphatic rings. The van der Waals surface area contributed by atoms with Gasteiger partial charge in [0.2, 0.25) is 11.8 Å². The number of hydrogen-bond acceptors (Lipinski definition) is 5. The second kappa shape index (κ2) is 5.38. The number of amides is 4. The first-order chi connectivity index (χ1) is 8.85. The van der Waals surface area contributed by atoms with Crippen molar-refractivity contribution in [2.45, 2.75) is 39.7 Å². The largest absolute Gasteiger partial charge is 0.467 e. The number of rotatable bonds is 4. The molecule has 0 radical (unpaired) electrons.